The molecule has 1 rings (SSSR count). The lowest BCUT2D eigenvalue weighted by molar-refractivity contribution is 0.223. The van der Waals surface area contributed by atoms with E-state index in [9.17, 15) is 0 Å². The normalized spacial score (nSPS) is 29.4. The predicted octanol–water partition coefficient (Wildman–Crippen LogP) is 4.95. The van der Waals surface area contributed by atoms with E-state index in [1.165, 1.54) is 38.5 Å². The van der Waals surface area contributed by atoms with Crippen LogP contribution in [0.4, 0.5) is 0 Å². The van der Waals surface area contributed by atoms with E-state index in [0.29, 0.717) is 10.8 Å². The summed E-state index contributed by atoms with van der Waals surface area (Å²) >= 11 is 0. The highest BCUT2D eigenvalue weighted by Crippen LogP contribution is 2.37. The topological polar surface area (TPSA) is 0 Å². The van der Waals surface area contributed by atoms with E-state index in [1.54, 1.807) is 0 Å². The second-order valence-corrected chi connectivity index (χ2v) is 6.40. The van der Waals surface area contributed by atoms with E-state index in [1.807, 2.05) is 0 Å². The Labute approximate surface area is 89.8 Å². The molecule has 0 atom stereocenters. The van der Waals surface area contributed by atoms with Gasteiger partial charge in [-0.25, -0.2) is 0 Å². The summed E-state index contributed by atoms with van der Waals surface area (Å²) in [6.07, 6.45) is 12.8. The van der Waals surface area contributed by atoms with Crippen LogP contribution < -0.4 is 0 Å². The van der Waals surface area contributed by atoms with Crippen molar-refractivity contribution in [1.82, 2.24) is 0 Å². The summed E-state index contributed by atoms with van der Waals surface area (Å²) in [5.74, 6) is 0. The first-order chi connectivity index (χ1) is 6.41. The zero-order valence-corrected chi connectivity index (χ0v) is 10.4. The molecule has 0 spiro atoms. The quantitative estimate of drug-likeness (QED) is 0.479. The van der Waals surface area contributed by atoms with E-state index >= 15 is 0 Å². The molecule has 0 aliphatic heterocycles. The van der Waals surface area contributed by atoms with Gasteiger partial charge >= 0.3 is 0 Å². The van der Waals surface area contributed by atoms with Gasteiger partial charge in [0.2, 0.25) is 0 Å². The van der Waals surface area contributed by atoms with Gasteiger partial charge in [-0.05, 0) is 49.4 Å². The Balaban J connectivity index is 2.60. The van der Waals surface area contributed by atoms with E-state index in [4.69, 9.17) is 0 Å². The minimum absolute atomic E-state index is 0.505. The fraction of sp³-hybridized carbons (Fsp3) is 0.857. The first-order valence-corrected chi connectivity index (χ1v) is 6.06. The Hall–Kier alpha value is -0.260. The molecule has 0 aromatic rings. The highest BCUT2D eigenvalue weighted by Gasteiger charge is 2.23. The van der Waals surface area contributed by atoms with Gasteiger partial charge in [0.25, 0.3) is 0 Å². The van der Waals surface area contributed by atoms with E-state index in [0.717, 1.165) is 0 Å². The summed E-state index contributed by atoms with van der Waals surface area (Å²) in [6, 6.07) is 0. The molecule has 0 radical (unpaired) electrons. The van der Waals surface area contributed by atoms with Crippen molar-refractivity contribution in [3.63, 3.8) is 0 Å². The van der Waals surface area contributed by atoms with Gasteiger partial charge in [0.15, 0.2) is 0 Å². The molecule has 0 saturated carbocycles. The van der Waals surface area contributed by atoms with Crippen LogP contribution >= 0.6 is 0 Å². The van der Waals surface area contributed by atoms with E-state index < -0.39 is 0 Å². The highest BCUT2D eigenvalue weighted by atomic mass is 14.3. The van der Waals surface area contributed by atoms with Crippen LogP contribution in [0.3, 0.4) is 0 Å². The summed E-state index contributed by atoms with van der Waals surface area (Å²) < 4.78 is 0. The summed E-state index contributed by atoms with van der Waals surface area (Å²) in [7, 11) is 0. The van der Waals surface area contributed by atoms with Gasteiger partial charge < -0.3 is 0 Å². The molecule has 1 aliphatic rings. The predicted molar refractivity (Wildman–Crippen MR) is 64.4 cm³/mol. The van der Waals surface area contributed by atoms with Crippen LogP contribution in [0.1, 0.15) is 66.2 Å². The van der Waals surface area contributed by atoms with Crippen molar-refractivity contribution in [2.45, 2.75) is 66.2 Å². The zero-order chi connectivity index (χ0) is 10.7. The minimum Gasteiger partial charge on any atom is -0.0885 e. The number of rotatable bonds is 0. The lowest BCUT2D eigenvalue weighted by atomic mass is 9.74. The van der Waals surface area contributed by atoms with Gasteiger partial charge in [-0.2, -0.15) is 0 Å². The van der Waals surface area contributed by atoms with Gasteiger partial charge in [0.05, 0.1) is 0 Å². The number of hydrogen-bond donors (Lipinski definition) is 0. The third-order valence-corrected chi connectivity index (χ3v) is 3.54. The Morgan fingerprint density at radius 2 is 1.43 bits per heavy atom. The van der Waals surface area contributed by atoms with Crippen molar-refractivity contribution in [3.8, 4) is 0 Å². The molecule has 0 nitrogen and oxygen atoms in total. The van der Waals surface area contributed by atoms with Gasteiger partial charge in [0.1, 0.15) is 0 Å². The Morgan fingerprint density at radius 3 is 2.14 bits per heavy atom. The second-order valence-electron chi connectivity index (χ2n) is 6.40. The third-order valence-electron chi connectivity index (χ3n) is 3.54. The lowest BCUT2D eigenvalue weighted by Crippen LogP contribution is -2.18. The SMILES string of the molecule is CC1(C)C/C=C\CCCC(C)(C)CC1. The molecule has 0 amide bonds. The number of hydrogen-bond acceptors (Lipinski definition) is 0. The molecule has 0 heterocycles. The maximum absolute atomic E-state index is 2.42. The van der Waals surface area contributed by atoms with Gasteiger partial charge in [-0.15, -0.1) is 0 Å². The van der Waals surface area contributed by atoms with Crippen LogP contribution in [0.5, 0.6) is 0 Å². The zero-order valence-electron chi connectivity index (χ0n) is 10.4. The van der Waals surface area contributed by atoms with Crippen molar-refractivity contribution in [2.24, 2.45) is 10.8 Å². The molecule has 0 bridgehead atoms. The molecule has 14 heavy (non-hydrogen) atoms. The fourth-order valence-corrected chi connectivity index (χ4v) is 2.12. The Bertz CT molecular complexity index is 196. The molecule has 0 unspecified atom stereocenters. The van der Waals surface area contributed by atoms with Crippen LogP contribution in [0.15, 0.2) is 12.2 Å². The van der Waals surface area contributed by atoms with Gasteiger partial charge in [-0.1, -0.05) is 39.8 Å². The molecule has 1 aliphatic carbocycles. The maximum Gasteiger partial charge on any atom is -0.0299 e. The maximum atomic E-state index is 2.42. The van der Waals surface area contributed by atoms with Crippen molar-refractivity contribution in [2.75, 3.05) is 0 Å². The lowest BCUT2D eigenvalue weighted by Gasteiger charge is -2.31. The summed E-state index contributed by atoms with van der Waals surface area (Å²) in [5.41, 5.74) is 1.06. The van der Waals surface area contributed by atoms with E-state index in [2.05, 4.69) is 39.8 Å². The van der Waals surface area contributed by atoms with Crippen molar-refractivity contribution < 1.29 is 0 Å². The van der Waals surface area contributed by atoms with Crippen LogP contribution in [0, 0.1) is 10.8 Å². The molecule has 0 heteroatoms. The Kier molecular flexibility index (Phi) is 3.80. The number of allylic oxidation sites excluding steroid dienone is 2. The molecule has 0 saturated heterocycles. The molecule has 0 fully saturated rings. The standard InChI is InChI=1S/C14H26/c1-13(2)9-7-5-6-8-10-14(3,4)12-11-13/h5,7H,6,8-12H2,1-4H3/b7-5-. The first kappa shape index (κ1) is 11.8. The average molecular weight is 194 g/mol. The molecular formula is C14H26. The monoisotopic (exact) mass is 194 g/mol. The summed E-state index contributed by atoms with van der Waals surface area (Å²) in [5, 5.41) is 0. The van der Waals surface area contributed by atoms with Crippen molar-refractivity contribution in [3.05, 3.63) is 12.2 Å². The summed E-state index contributed by atoms with van der Waals surface area (Å²) in [4.78, 5) is 0. The van der Waals surface area contributed by atoms with Gasteiger partial charge in [-0.3, -0.25) is 0 Å². The first-order valence-electron chi connectivity index (χ1n) is 6.06. The third kappa shape index (κ3) is 4.30. The smallest absolute Gasteiger partial charge is 0.0299 e. The molecule has 0 aromatic carbocycles. The van der Waals surface area contributed by atoms with Crippen LogP contribution in [-0.4, -0.2) is 0 Å². The molecule has 0 N–H and O–H groups in total. The van der Waals surface area contributed by atoms with Crippen molar-refractivity contribution >= 4 is 0 Å². The largest absolute Gasteiger partial charge is 0.0885 e. The molecule has 0 aromatic heterocycles. The average Bonchev–Trinajstić information content (AvgIpc) is 2.08. The summed E-state index contributed by atoms with van der Waals surface area (Å²) in [6.45, 7) is 9.65. The van der Waals surface area contributed by atoms with E-state index in [-0.39, 0.29) is 0 Å². The fourth-order valence-electron chi connectivity index (χ4n) is 2.12. The van der Waals surface area contributed by atoms with Crippen LogP contribution in [-0.2, 0) is 0 Å². The Morgan fingerprint density at radius 1 is 0.786 bits per heavy atom. The van der Waals surface area contributed by atoms with Gasteiger partial charge in [0, 0.05) is 0 Å². The minimum atomic E-state index is 0.505. The molecule has 82 valence electrons. The molecular weight excluding hydrogens is 168 g/mol. The highest BCUT2D eigenvalue weighted by molar-refractivity contribution is 4.90. The van der Waals surface area contributed by atoms with Crippen LogP contribution in [0.2, 0.25) is 0 Å². The second kappa shape index (κ2) is 4.51. The van der Waals surface area contributed by atoms with Crippen LogP contribution in [0.25, 0.3) is 0 Å². The van der Waals surface area contributed by atoms with Crippen molar-refractivity contribution in [1.29, 1.82) is 0 Å².